The fourth-order valence-electron chi connectivity index (χ4n) is 3.59. The van der Waals surface area contributed by atoms with E-state index in [2.05, 4.69) is 0 Å². The highest BCUT2D eigenvalue weighted by molar-refractivity contribution is 6.01. The number of Topliss-reactive ketones (excluding diaryl/α,β-unsaturated/α-hetero) is 1. The van der Waals surface area contributed by atoms with Gasteiger partial charge in [0.15, 0.2) is 17.4 Å². The van der Waals surface area contributed by atoms with Crippen molar-refractivity contribution in [3.05, 3.63) is 108 Å². The molecule has 0 spiro atoms. The molecule has 3 aromatic rings. The summed E-state index contributed by atoms with van der Waals surface area (Å²) in [6, 6.07) is 29.7. The van der Waals surface area contributed by atoms with Gasteiger partial charge in [0.05, 0.1) is 0 Å². The Morgan fingerprint density at radius 2 is 1.44 bits per heavy atom. The van der Waals surface area contributed by atoms with Crippen LogP contribution in [0.2, 0.25) is 0 Å². The predicted molar refractivity (Wildman–Crippen MR) is 107 cm³/mol. The van der Waals surface area contributed by atoms with E-state index in [0.29, 0.717) is 12.3 Å². The second-order valence-corrected chi connectivity index (χ2v) is 6.83. The lowest BCUT2D eigenvalue weighted by Gasteiger charge is -2.29. The van der Waals surface area contributed by atoms with Gasteiger partial charge in [0.1, 0.15) is 0 Å². The Bertz CT molecular complexity index is 951. The molecule has 0 aromatic heterocycles. The van der Waals surface area contributed by atoms with Crippen LogP contribution in [0.1, 0.15) is 29.7 Å². The van der Waals surface area contributed by atoms with Crippen molar-refractivity contribution in [1.29, 1.82) is 0 Å². The first-order valence-corrected chi connectivity index (χ1v) is 9.11. The van der Waals surface area contributed by atoms with Crippen LogP contribution >= 0.6 is 0 Å². The van der Waals surface area contributed by atoms with E-state index in [1.54, 1.807) is 6.92 Å². The van der Waals surface area contributed by atoms with Gasteiger partial charge in [-0.3, -0.25) is 4.79 Å². The second-order valence-electron chi connectivity index (χ2n) is 6.83. The zero-order chi connectivity index (χ0) is 18.7. The van der Waals surface area contributed by atoms with Crippen molar-refractivity contribution in [2.24, 2.45) is 4.99 Å². The summed E-state index contributed by atoms with van der Waals surface area (Å²) in [5.74, 6) is 0.529. The highest BCUT2D eigenvalue weighted by Gasteiger charge is 2.51. The van der Waals surface area contributed by atoms with Gasteiger partial charge in [-0.25, -0.2) is 4.99 Å². The molecule has 2 atom stereocenters. The normalized spacial score (nSPS) is 21.4. The highest BCUT2D eigenvalue weighted by atomic mass is 16.5. The summed E-state index contributed by atoms with van der Waals surface area (Å²) in [5.41, 5.74) is 1.93. The van der Waals surface area contributed by atoms with Crippen LogP contribution in [-0.4, -0.2) is 17.2 Å². The first kappa shape index (κ1) is 17.2. The van der Waals surface area contributed by atoms with Gasteiger partial charge in [0.25, 0.3) is 0 Å². The van der Waals surface area contributed by atoms with Gasteiger partial charge in [-0.05, 0) is 30.2 Å². The predicted octanol–water partition coefficient (Wildman–Crippen LogP) is 4.78. The van der Waals surface area contributed by atoms with E-state index in [9.17, 15) is 4.79 Å². The molecule has 1 heterocycles. The molecule has 1 aliphatic heterocycles. The monoisotopic (exact) mass is 355 g/mol. The Morgan fingerprint density at radius 3 is 2.04 bits per heavy atom. The topological polar surface area (TPSA) is 38.7 Å². The van der Waals surface area contributed by atoms with Crippen molar-refractivity contribution in [1.82, 2.24) is 0 Å². The molecule has 3 aromatic carbocycles. The summed E-state index contributed by atoms with van der Waals surface area (Å²) in [6.45, 7) is 1.61. The number of rotatable bonds is 5. The van der Waals surface area contributed by atoms with Gasteiger partial charge in [0.2, 0.25) is 5.90 Å². The van der Waals surface area contributed by atoms with Gasteiger partial charge >= 0.3 is 0 Å². The molecule has 134 valence electrons. The number of ketones is 1. The van der Waals surface area contributed by atoms with Crippen LogP contribution in [0.4, 0.5) is 0 Å². The quantitative estimate of drug-likeness (QED) is 0.661. The molecule has 0 bridgehead atoms. The maximum absolute atomic E-state index is 12.9. The van der Waals surface area contributed by atoms with Crippen molar-refractivity contribution in [2.75, 3.05) is 0 Å². The molecule has 3 heteroatoms. The Hall–Kier alpha value is -3.20. The molecule has 0 saturated carbocycles. The fourth-order valence-corrected chi connectivity index (χ4v) is 3.59. The van der Waals surface area contributed by atoms with Crippen LogP contribution in [0.25, 0.3) is 0 Å². The van der Waals surface area contributed by atoms with E-state index in [-0.39, 0.29) is 5.78 Å². The summed E-state index contributed by atoms with van der Waals surface area (Å²) >= 11 is 0. The fraction of sp³-hybridized carbons (Fsp3) is 0.167. The van der Waals surface area contributed by atoms with Crippen LogP contribution in [0.15, 0.2) is 96.0 Å². The average Bonchev–Trinajstić information content (AvgIpc) is 3.11. The number of hydrogen-bond donors (Lipinski definition) is 0. The van der Waals surface area contributed by atoms with Crippen LogP contribution < -0.4 is 0 Å². The molecule has 0 unspecified atom stereocenters. The summed E-state index contributed by atoms with van der Waals surface area (Å²) in [5, 5.41) is 0. The van der Waals surface area contributed by atoms with Crippen LogP contribution in [-0.2, 0) is 16.0 Å². The van der Waals surface area contributed by atoms with E-state index >= 15 is 0 Å². The highest BCUT2D eigenvalue weighted by Crippen LogP contribution is 2.42. The zero-order valence-corrected chi connectivity index (χ0v) is 15.2. The third kappa shape index (κ3) is 3.28. The maximum Gasteiger partial charge on any atom is 0.217 e. The molecule has 3 nitrogen and oxygen atoms in total. The van der Waals surface area contributed by atoms with Crippen molar-refractivity contribution in [3.8, 4) is 0 Å². The summed E-state index contributed by atoms with van der Waals surface area (Å²) in [7, 11) is 0. The van der Waals surface area contributed by atoms with Gasteiger partial charge in [-0.2, -0.15) is 0 Å². The molecular formula is C24H21NO2. The van der Waals surface area contributed by atoms with E-state index < -0.39 is 11.6 Å². The third-order valence-corrected chi connectivity index (χ3v) is 5.01. The van der Waals surface area contributed by atoms with Gasteiger partial charge in [0, 0.05) is 12.0 Å². The summed E-state index contributed by atoms with van der Waals surface area (Å²) in [4.78, 5) is 17.8. The average molecular weight is 355 g/mol. The number of ether oxygens (including phenoxy) is 1. The smallest absolute Gasteiger partial charge is 0.217 e. The van der Waals surface area contributed by atoms with Crippen molar-refractivity contribution < 1.29 is 9.53 Å². The van der Waals surface area contributed by atoms with Crippen molar-refractivity contribution in [3.63, 3.8) is 0 Å². The first-order chi connectivity index (χ1) is 13.2. The molecule has 0 aliphatic carbocycles. The Balaban J connectivity index is 1.83. The van der Waals surface area contributed by atoms with Gasteiger partial charge in [-0.1, -0.05) is 78.9 Å². The largest absolute Gasteiger partial charge is 0.466 e. The SMILES string of the molecule is CC(=O)[C@@]1(Cc2ccccc2)N=C(c2ccccc2)O[C@H]1c1ccccc1. The molecule has 0 N–H and O–H groups in total. The van der Waals surface area contributed by atoms with E-state index in [4.69, 9.17) is 9.73 Å². The standard InChI is InChI=1S/C24H21NO2/c1-18(26)24(17-19-11-5-2-6-12-19)22(20-13-7-3-8-14-20)27-23(25-24)21-15-9-4-10-16-21/h2-16,22H,17H2,1H3/t22-,24+/m0/s1. The Kier molecular flexibility index (Phi) is 4.59. The Morgan fingerprint density at radius 1 is 0.889 bits per heavy atom. The lowest BCUT2D eigenvalue weighted by Crippen LogP contribution is -2.41. The number of carbonyl (C=O) groups is 1. The molecule has 1 aliphatic rings. The molecule has 0 fully saturated rings. The zero-order valence-electron chi connectivity index (χ0n) is 15.2. The minimum atomic E-state index is -0.978. The lowest BCUT2D eigenvalue weighted by atomic mass is 9.80. The number of benzene rings is 3. The van der Waals surface area contributed by atoms with Crippen molar-refractivity contribution in [2.45, 2.75) is 25.0 Å². The lowest BCUT2D eigenvalue weighted by molar-refractivity contribution is -0.124. The second kappa shape index (κ2) is 7.20. The number of nitrogens with zero attached hydrogens (tertiary/aromatic N) is 1. The number of hydrogen-bond acceptors (Lipinski definition) is 3. The van der Waals surface area contributed by atoms with Crippen molar-refractivity contribution >= 4 is 11.7 Å². The van der Waals surface area contributed by atoms with Crippen LogP contribution in [0.3, 0.4) is 0 Å². The summed E-state index contributed by atoms with van der Waals surface area (Å²) < 4.78 is 6.31. The molecule has 0 amide bonds. The van der Waals surface area contributed by atoms with Crippen LogP contribution in [0.5, 0.6) is 0 Å². The molecule has 0 saturated heterocycles. The summed E-state index contributed by atoms with van der Waals surface area (Å²) in [6.07, 6.45) is 0.0469. The number of carbonyl (C=O) groups excluding carboxylic acids is 1. The third-order valence-electron chi connectivity index (χ3n) is 5.01. The molecule has 4 rings (SSSR count). The van der Waals surface area contributed by atoms with Crippen LogP contribution in [0, 0.1) is 0 Å². The van der Waals surface area contributed by atoms with E-state index in [0.717, 1.165) is 16.7 Å². The minimum Gasteiger partial charge on any atom is -0.466 e. The van der Waals surface area contributed by atoms with E-state index in [1.807, 2.05) is 91.0 Å². The molecule has 27 heavy (non-hydrogen) atoms. The van der Waals surface area contributed by atoms with Gasteiger partial charge < -0.3 is 4.74 Å². The molecular weight excluding hydrogens is 334 g/mol. The Labute approximate surface area is 159 Å². The molecule has 0 radical (unpaired) electrons. The van der Waals surface area contributed by atoms with E-state index in [1.165, 1.54) is 0 Å². The maximum atomic E-state index is 12.9. The van der Waals surface area contributed by atoms with Gasteiger partial charge in [-0.15, -0.1) is 0 Å². The first-order valence-electron chi connectivity index (χ1n) is 9.11. The minimum absolute atomic E-state index is 0.00568. The number of aliphatic imine (C=N–C) groups is 1.